The molecule has 0 saturated heterocycles. The maximum absolute atomic E-state index is 12.1. The van der Waals surface area contributed by atoms with Crippen molar-refractivity contribution in [2.75, 3.05) is 5.32 Å². The zero-order valence-corrected chi connectivity index (χ0v) is 13.9. The molecule has 0 aliphatic carbocycles. The van der Waals surface area contributed by atoms with Gasteiger partial charge in [0, 0.05) is 10.4 Å². The molecule has 2 N–H and O–H groups in total. The number of carbonyl (C=O) groups excluding carboxylic acids is 1. The topological polar surface area (TPSA) is 70.7 Å². The van der Waals surface area contributed by atoms with E-state index in [2.05, 4.69) is 20.5 Å². The summed E-state index contributed by atoms with van der Waals surface area (Å²) in [7, 11) is 0. The Hall–Kier alpha value is -1.30. The van der Waals surface area contributed by atoms with E-state index >= 15 is 0 Å². The second-order valence-electron chi connectivity index (χ2n) is 5.46. The minimum atomic E-state index is -0.507. The average molecular weight is 348 g/mol. The molecule has 0 atom stereocenters. The summed E-state index contributed by atoms with van der Waals surface area (Å²) in [5.74, 6) is 0.121. The second-order valence-corrected chi connectivity index (χ2v) is 6.71. The van der Waals surface area contributed by atoms with Crippen LogP contribution in [0.15, 0.2) is 12.1 Å². The van der Waals surface area contributed by atoms with E-state index < -0.39 is 5.91 Å². The predicted octanol–water partition coefficient (Wildman–Crippen LogP) is 4.31. The average Bonchev–Trinajstić information content (AvgIpc) is 2.82. The standard InChI is InChI=1S/C13H13Cl3N4O/c1-13(2,3)12-18-10(19-20-12)11(21)17-9-7(15)4-6(14)5-8(9)16/h4-5H,1-3H3,(H,17,21)(H,18,19,20). The second kappa shape index (κ2) is 5.83. The van der Waals surface area contributed by atoms with Crippen LogP contribution in [0.5, 0.6) is 0 Å². The van der Waals surface area contributed by atoms with E-state index in [-0.39, 0.29) is 27.0 Å². The van der Waals surface area contributed by atoms with Crippen molar-refractivity contribution < 1.29 is 4.79 Å². The number of carbonyl (C=O) groups is 1. The number of hydrogen-bond donors (Lipinski definition) is 2. The van der Waals surface area contributed by atoms with Gasteiger partial charge in [0.25, 0.3) is 5.91 Å². The highest BCUT2D eigenvalue weighted by molar-refractivity contribution is 6.42. The van der Waals surface area contributed by atoms with Crippen molar-refractivity contribution in [1.29, 1.82) is 0 Å². The molecule has 0 unspecified atom stereocenters. The van der Waals surface area contributed by atoms with Gasteiger partial charge < -0.3 is 5.32 Å². The fourth-order valence-corrected chi connectivity index (χ4v) is 2.44. The Labute approximate surface area is 137 Å². The largest absolute Gasteiger partial charge is 0.317 e. The molecule has 1 heterocycles. The summed E-state index contributed by atoms with van der Waals surface area (Å²) in [6.07, 6.45) is 0. The molecule has 2 rings (SSSR count). The lowest BCUT2D eigenvalue weighted by atomic mass is 9.96. The van der Waals surface area contributed by atoms with Gasteiger partial charge in [0.05, 0.1) is 15.7 Å². The smallest absolute Gasteiger partial charge is 0.295 e. The van der Waals surface area contributed by atoms with Crippen molar-refractivity contribution >= 4 is 46.4 Å². The molecule has 2 aromatic rings. The Morgan fingerprint density at radius 1 is 1.19 bits per heavy atom. The fourth-order valence-electron chi connectivity index (χ4n) is 1.53. The third kappa shape index (κ3) is 3.67. The molecule has 1 aromatic heterocycles. The normalized spacial score (nSPS) is 11.5. The van der Waals surface area contributed by atoms with E-state index in [1.807, 2.05) is 20.8 Å². The summed E-state index contributed by atoms with van der Waals surface area (Å²) in [4.78, 5) is 16.3. The van der Waals surface area contributed by atoms with Crippen molar-refractivity contribution in [2.45, 2.75) is 26.2 Å². The van der Waals surface area contributed by atoms with E-state index in [1.54, 1.807) is 0 Å². The number of hydrogen-bond acceptors (Lipinski definition) is 3. The predicted molar refractivity (Wildman–Crippen MR) is 84.5 cm³/mol. The van der Waals surface area contributed by atoms with Gasteiger partial charge in [0.15, 0.2) is 0 Å². The lowest BCUT2D eigenvalue weighted by molar-refractivity contribution is 0.101. The molecule has 1 aromatic carbocycles. The van der Waals surface area contributed by atoms with Crippen LogP contribution in [-0.2, 0) is 5.41 Å². The highest BCUT2D eigenvalue weighted by Crippen LogP contribution is 2.33. The highest BCUT2D eigenvalue weighted by Gasteiger charge is 2.22. The molecule has 0 saturated carbocycles. The molecule has 0 fully saturated rings. The summed E-state index contributed by atoms with van der Waals surface area (Å²) in [6, 6.07) is 2.98. The first-order chi connectivity index (χ1) is 9.68. The van der Waals surface area contributed by atoms with Crippen molar-refractivity contribution in [1.82, 2.24) is 15.2 Å². The Balaban J connectivity index is 2.25. The van der Waals surface area contributed by atoms with Crippen LogP contribution < -0.4 is 5.32 Å². The summed E-state index contributed by atoms with van der Waals surface area (Å²) < 4.78 is 0. The highest BCUT2D eigenvalue weighted by atomic mass is 35.5. The molecule has 0 bridgehead atoms. The van der Waals surface area contributed by atoms with Gasteiger partial charge in [0.2, 0.25) is 5.82 Å². The summed E-state index contributed by atoms with van der Waals surface area (Å²) >= 11 is 17.8. The van der Waals surface area contributed by atoms with Gasteiger partial charge in [-0.1, -0.05) is 55.6 Å². The van der Waals surface area contributed by atoms with E-state index in [1.165, 1.54) is 12.1 Å². The molecule has 0 aliphatic heterocycles. The van der Waals surface area contributed by atoms with Crippen LogP contribution in [0.4, 0.5) is 5.69 Å². The van der Waals surface area contributed by atoms with Crippen LogP contribution in [0.1, 0.15) is 37.2 Å². The number of amides is 1. The molecule has 112 valence electrons. The van der Waals surface area contributed by atoms with Gasteiger partial charge in [0.1, 0.15) is 5.82 Å². The van der Waals surface area contributed by atoms with Crippen LogP contribution in [0, 0.1) is 0 Å². The minimum Gasteiger partial charge on any atom is -0.317 e. The third-order valence-corrected chi connectivity index (χ3v) is 3.46. The molecule has 5 nitrogen and oxygen atoms in total. The maximum atomic E-state index is 12.1. The van der Waals surface area contributed by atoms with Crippen LogP contribution in [0.2, 0.25) is 15.1 Å². The van der Waals surface area contributed by atoms with Gasteiger partial charge >= 0.3 is 0 Å². The molecule has 1 amide bonds. The molecule has 0 aliphatic rings. The Kier molecular flexibility index (Phi) is 4.46. The molecule has 0 spiro atoms. The number of halogens is 3. The quantitative estimate of drug-likeness (QED) is 0.850. The number of nitrogens with one attached hydrogen (secondary N) is 2. The first-order valence-corrected chi connectivity index (χ1v) is 7.20. The van der Waals surface area contributed by atoms with Crippen LogP contribution in [0.25, 0.3) is 0 Å². The van der Waals surface area contributed by atoms with Crippen molar-refractivity contribution in [2.24, 2.45) is 0 Å². The Morgan fingerprint density at radius 2 is 1.76 bits per heavy atom. The number of aromatic amines is 1. The molecular formula is C13H13Cl3N4O. The van der Waals surface area contributed by atoms with Crippen LogP contribution in [0.3, 0.4) is 0 Å². The number of nitrogens with zero attached hydrogens (tertiary/aromatic N) is 2. The molecule has 0 radical (unpaired) electrons. The minimum absolute atomic E-state index is 0.0157. The van der Waals surface area contributed by atoms with Crippen molar-refractivity contribution in [3.05, 3.63) is 38.8 Å². The van der Waals surface area contributed by atoms with Gasteiger partial charge in [-0.3, -0.25) is 9.89 Å². The maximum Gasteiger partial charge on any atom is 0.295 e. The zero-order chi connectivity index (χ0) is 15.8. The monoisotopic (exact) mass is 346 g/mol. The third-order valence-electron chi connectivity index (χ3n) is 2.64. The first-order valence-electron chi connectivity index (χ1n) is 6.07. The zero-order valence-electron chi connectivity index (χ0n) is 11.6. The Morgan fingerprint density at radius 3 is 2.24 bits per heavy atom. The van der Waals surface area contributed by atoms with E-state index in [4.69, 9.17) is 34.8 Å². The lowest BCUT2D eigenvalue weighted by Crippen LogP contribution is -2.16. The lowest BCUT2D eigenvalue weighted by Gasteiger charge is -2.12. The van der Waals surface area contributed by atoms with Crippen LogP contribution in [-0.4, -0.2) is 21.1 Å². The van der Waals surface area contributed by atoms with E-state index in [0.29, 0.717) is 10.8 Å². The summed E-state index contributed by atoms with van der Waals surface area (Å²) in [5.41, 5.74) is 0.0380. The Bertz CT molecular complexity index is 668. The van der Waals surface area contributed by atoms with Gasteiger partial charge in [-0.25, -0.2) is 4.98 Å². The SMILES string of the molecule is CC(C)(C)c1nc(C(=O)Nc2c(Cl)cc(Cl)cc2Cl)n[nH]1. The number of anilines is 1. The van der Waals surface area contributed by atoms with Crippen LogP contribution >= 0.6 is 34.8 Å². The van der Waals surface area contributed by atoms with Crippen molar-refractivity contribution in [3.63, 3.8) is 0 Å². The van der Waals surface area contributed by atoms with Crippen molar-refractivity contribution in [3.8, 4) is 0 Å². The summed E-state index contributed by atoms with van der Waals surface area (Å²) in [5, 5.41) is 10.1. The summed E-state index contributed by atoms with van der Waals surface area (Å²) in [6.45, 7) is 5.88. The number of aromatic nitrogens is 3. The number of H-pyrrole nitrogens is 1. The first kappa shape index (κ1) is 16.1. The molecular weight excluding hydrogens is 335 g/mol. The van der Waals surface area contributed by atoms with E-state index in [9.17, 15) is 4.79 Å². The van der Waals surface area contributed by atoms with Gasteiger partial charge in [-0.2, -0.15) is 0 Å². The number of benzene rings is 1. The fraction of sp³-hybridized carbons (Fsp3) is 0.308. The molecule has 21 heavy (non-hydrogen) atoms. The van der Waals surface area contributed by atoms with Gasteiger partial charge in [-0.15, -0.1) is 5.10 Å². The van der Waals surface area contributed by atoms with Gasteiger partial charge in [-0.05, 0) is 12.1 Å². The van der Waals surface area contributed by atoms with E-state index in [0.717, 1.165) is 0 Å². The molecule has 8 heteroatoms. The number of rotatable bonds is 2.